The molecule has 3 rings (SSSR count). The third-order valence-electron chi connectivity index (χ3n) is 3.13. The zero-order valence-electron chi connectivity index (χ0n) is 11.9. The summed E-state index contributed by atoms with van der Waals surface area (Å²) in [6, 6.07) is 15.4. The molecule has 1 heterocycles. The molecule has 0 aliphatic rings. The summed E-state index contributed by atoms with van der Waals surface area (Å²) in [5.74, 6) is -0.158. The molecule has 1 amide bonds. The van der Waals surface area contributed by atoms with Gasteiger partial charge in [0.25, 0.3) is 5.91 Å². The van der Waals surface area contributed by atoms with Crippen molar-refractivity contribution in [2.45, 2.75) is 6.42 Å². The highest BCUT2D eigenvalue weighted by atomic mass is 79.9. The topological polar surface area (TPSA) is 42.0 Å². The Bertz CT molecular complexity index is 848. The number of rotatable bonds is 4. The number of nitrogens with zero attached hydrogens (tertiary/aromatic N) is 1. The van der Waals surface area contributed by atoms with Crippen LogP contribution in [0.25, 0.3) is 0 Å². The lowest BCUT2D eigenvalue weighted by Gasteiger charge is -2.02. The molecule has 1 aromatic heterocycles. The molecule has 0 bridgehead atoms. The first-order valence-corrected chi connectivity index (χ1v) is 9.26. The minimum absolute atomic E-state index is 0.158. The Morgan fingerprint density at radius 2 is 1.83 bits per heavy atom. The van der Waals surface area contributed by atoms with Crippen LogP contribution in [0.3, 0.4) is 0 Å². The highest BCUT2D eigenvalue weighted by molar-refractivity contribution is 9.10. The molecule has 0 radical (unpaired) electrons. The second kappa shape index (κ2) is 7.38. The molecular formula is C17H12Br2N2OS. The van der Waals surface area contributed by atoms with Crippen molar-refractivity contribution in [2.24, 2.45) is 0 Å². The largest absolute Gasteiger partial charge is 0.298 e. The fourth-order valence-corrected chi connectivity index (χ4v) is 3.78. The zero-order chi connectivity index (χ0) is 16.2. The SMILES string of the molecule is O=C(Nc1ncc(Cc2cccc(Br)c2)s1)c1cccc(Br)c1. The van der Waals surface area contributed by atoms with Crippen molar-refractivity contribution >= 4 is 54.2 Å². The van der Waals surface area contributed by atoms with Crippen LogP contribution in [0.1, 0.15) is 20.8 Å². The first kappa shape index (κ1) is 16.4. The molecule has 1 N–H and O–H groups in total. The van der Waals surface area contributed by atoms with Gasteiger partial charge < -0.3 is 0 Å². The summed E-state index contributed by atoms with van der Waals surface area (Å²) in [6.07, 6.45) is 2.60. The van der Waals surface area contributed by atoms with Crippen LogP contribution in [0.2, 0.25) is 0 Å². The lowest BCUT2D eigenvalue weighted by Crippen LogP contribution is -2.11. The average molecular weight is 452 g/mol. The molecule has 6 heteroatoms. The maximum absolute atomic E-state index is 12.2. The van der Waals surface area contributed by atoms with Gasteiger partial charge in [-0.1, -0.05) is 50.1 Å². The maximum Gasteiger partial charge on any atom is 0.257 e. The smallest absolute Gasteiger partial charge is 0.257 e. The molecular weight excluding hydrogens is 440 g/mol. The third-order valence-corrected chi connectivity index (χ3v) is 5.03. The second-order valence-electron chi connectivity index (χ2n) is 4.90. The Kier molecular flexibility index (Phi) is 5.25. The number of anilines is 1. The molecule has 116 valence electrons. The number of amides is 1. The summed E-state index contributed by atoms with van der Waals surface area (Å²) in [7, 11) is 0. The number of aromatic nitrogens is 1. The predicted molar refractivity (Wildman–Crippen MR) is 101 cm³/mol. The zero-order valence-corrected chi connectivity index (χ0v) is 15.9. The van der Waals surface area contributed by atoms with Crippen molar-refractivity contribution in [3.8, 4) is 0 Å². The van der Waals surface area contributed by atoms with Crippen LogP contribution in [0.15, 0.2) is 63.7 Å². The monoisotopic (exact) mass is 450 g/mol. The van der Waals surface area contributed by atoms with Gasteiger partial charge in [0.15, 0.2) is 5.13 Å². The Labute approximate surface area is 155 Å². The van der Waals surface area contributed by atoms with Crippen LogP contribution in [-0.2, 0) is 6.42 Å². The van der Waals surface area contributed by atoms with E-state index in [0.717, 1.165) is 20.2 Å². The summed E-state index contributed by atoms with van der Waals surface area (Å²) in [5.41, 5.74) is 1.80. The van der Waals surface area contributed by atoms with E-state index in [2.05, 4.69) is 54.3 Å². The molecule has 2 aromatic carbocycles. The standard InChI is InChI=1S/C17H12Br2N2OS/c18-13-5-1-3-11(7-13)8-15-10-20-17(23-15)21-16(22)12-4-2-6-14(19)9-12/h1-7,9-10H,8H2,(H,20,21,22). The molecule has 0 saturated carbocycles. The Morgan fingerprint density at radius 3 is 2.57 bits per heavy atom. The van der Waals surface area contributed by atoms with Crippen molar-refractivity contribution in [1.82, 2.24) is 4.98 Å². The lowest BCUT2D eigenvalue weighted by atomic mass is 10.1. The van der Waals surface area contributed by atoms with Gasteiger partial charge in [0.2, 0.25) is 0 Å². The molecule has 0 saturated heterocycles. The van der Waals surface area contributed by atoms with E-state index < -0.39 is 0 Å². The van der Waals surface area contributed by atoms with Gasteiger partial charge in [0.05, 0.1) is 0 Å². The fraction of sp³-hybridized carbons (Fsp3) is 0.0588. The minimum atomic E-state index is -0.158. The van der Waals surface area contributed by atoms with E-state index in [1.165, 1.54) is 16.9 Å². The number of carbonyl (C=O) groups is 1. The summed E-state index contributed by atoms with van der Waals surface area (Å²) >= 11 is 8.33. The van der Waals surface area contributed by atoms with Gasteiger partial charge in [-0.15, -0.1) is 11.3 Å². The highest BCUT2D eigenvalue weighted by Crippen LogP contribution is 2.23. The van der Waals surface area contributed by atoms with Crippen LogP contribution in [0.5, 0.6) is 0 Å². The van der Waals surface area contributed by atoms with E-state index >= 15 is 0 Å². The Morgan fingerprint density at radius 1 is 1.09 bits per heavy atom. The minimum Gasteiger partial charge on any atom is -0.298 e. The molecule has 0 aliphatic heterocycles. The Hall–Kier alpha value is -1.50. The molecule has 0 aliphatic carbocycles. The molecule has 0 spiro atoms. The number of nitrogens with one attached hydrogen (secondary N) is 1. The van der Waals surface area contributed by atoms with Crippen molar-refractivity contribution in [2.75, 3.05) is 5.32 Å². The lowest BCUT2D eigenvalue weighted by molar-refractivity contribution is 0.102. The van der Waals surface area contributed by atoms with Gasteiger partial charge in [-0.25, -0.2) is 4.98 Å². The molecule has 3 aromatic rings. The van der Waals surface area contributed by atoms with E-state index in [-0.39, 0.29) is 5.91 Å². The van der Waals surface area contributed by atoms with Crippen LogP contribution < -0.4 is 5.32 Å². The number of benzene rings is 2. The van der Waals surface area contributed by atoms with Crippen molar-refractivity contribution in [1.29, 1.82) is 0 Å². The average Bonchev–Trinajstić information content (AvgIpc) is 2.94. The van der Waals surface area contributed by atoms with Gasteiger partial charge in [0.1, 0.15) is 0 Å². The Balaban J connectivity index is 1.68. The number of thiazole rings is 1. The van der Waals surface area contributed by atoms with Crippen LogP contribution >= 0.6 is 43.2 Å². The van der Waals surface area contributed by atoms with E-state index in [1.54, 1.807) is 12.1 Å². The normalized spacial score (nSPS) is 10.5. The summed E-state index contributed by atoms with van der Waals surface area (Å²) in [4.78, 5) is 17.6. The van der Waals surface area contributed by atoms with Gasteiger partial charge in [-0.2, -0.15) is 0 Å². The van der Waals surface area contributed by atoms with Crippen molar-refractivity contribution in [3.63, 3.8) is 0 Å². The van der Waals surface area contributed by atoms with Crippen LogP contribution in [-0.4, -0.2) is 10.9 Å². The van der Waals surface area contributed by atoms with Crippen LogP contribution in [0, 0.1) is 0 Å². The van der Waals surface area contributed by atoms with Gasteiger partial charge in [-0.05, 0) is 35.9 Å². The van der Waals surface area contributed by atoms with E-state index in [9.17, 15) is 4.79 Å². The van der Waals surface area contributed by atoms with Gasteiger partial charge in [-0.3, -0.25) is 10.1 Å². The summed E-state index contributed by atoms with van der Waals surface area (Å²) in [6.45, 7) is 0. The molecule has 3 nitrogen and oxygen atoms in total. The summed E-state index contributed by atoms with van der Waals surface area (Å²) < 4.78 is 1.93. The van der Waals surface area contributed by atoms with Crippen LogP contribution in [0.4, 0.5) is 5.13 Å². The third kappa shape index (κ3) is 4.50. The number of carbonyl (C=O) groups excluding carboxylic acids is 1. The van der Waals surface area contributed by atoms with E-state index in [4.69, 9.17) is 0 Å². The van der Waals surface area contributed by atoms with E-state index in [1.807, 2.05) is 30.5 Å². The first-order valence-electron chi connectivity index (χ1n) is 6.86. The van der Waals surface area contributed by atoms with E-state index in [0.29, 0.717) is 10.7 Å². The quantitative estimate of drug-likeness (QED) is 0.568. The fourth-order valence-electron chi connectivity index (χ4n) is 2.09. The van der Waals surface area contributed by atoms with Crippen molar-refractivity contribution < 1.29 is 4.79 Å². The maximum atomic E-state index is 12.2. The molecule has 0 atom stereocenters. The second-order valence-corrected chi connectivity index (χ2v) is 7.85. The van der Waals surface area contributed by atoms with Gasteiger partial charge in [0, 0.05) is 32.0 Å². The summed E-state index contributed by atoms with van der Waals surface area (Å²) in [5, 5.41) is 3.45. The van der Waals surface area contributed by atoms with Crippen molar-refractivity contribution in [3.05, 3.63) is 79.7 Å². The first-order chi connectivity index (χ1) is 11.1. The molecule has 23 heavy (non-hydrogen) atoms. The number of halogens is 2. The van der Waals surface area contributed by atoms with Gasteiger partial charge >= 0.3 is 0 Å². The predicted octanol–water partition coefficient (Wildman–Crippen LogP) is 5.51. The molecule has 0 unspecified atom stereocenters. The molecule has 0 fully saturated rings. The highest BCUT2D eigenvalue weighted by Gasteiger charge is 2.10. The number of hydrogen-bond donors (Lipinski definition) is 1. The number of hydrogen-bond acceptors (Lipinski definition) is 3.